The zero-order valence-corrected chi connectivity index (χ0v) is 11.4. The number of benzene rings is 2. The van der Waals surface area contributed by atoms with Gasteiger partial charge in [-0.05, 0) is 23.3 Å². The number of rotatable bonds is 2. The maximum Gasteiger partial charge on any atom is 2.00 e. The summed E-state index contributed by atoms with van der Waals surface area (Å²) in [6, 6.07) is 13.1. The van der Waals surface area contributed by atoms with Crippen LogP contribution in [0.25, 0.3) is 10.8 Å². The van der Waals surface area contributed by atoms with Crippen molar-refractivity contribution in [1.82, 2.24) is 0 Å². The molecule has 6 heteroatoms. The summed E-state index contributed by atoms with van der Waals surface area (Å²) in [4.78, 5) is 0. The summed E-state index contributed by atoms with van der Waals surface area (Å²) in [7, 11) is 0. The second kappa shape index (κ2) is 10.7. The molecule has 0 spiro atoms. The van der Waals surface area contributed by atoms with Crippen LogP contribution in [0.3, 0.4) is 0 Å². The van der Waals surface area contributed by atoms with Gasteiger partial charge >= 0.3 is 16.8 Å². The summed E-state index contributed by atoms with van der Waals surface area (Å²) in [6.45, 7) is 0. The molecule has 0 aromatic heterocycles. The molecule has 0 fully saturated rings. The van der Waals surface area contributed by atoms with E-state index in [0.29, 0.717) is 11.1 Å². The summed E-state index contributed by atoms with van der Waals surface area (Å²) in [5.74, 6) is 0.194. The third kappa shape index (κ3) is 6.14. The van der Waals surface area contributed by atoms with Gasteiger partial charge in [-0.15, -0.1) is 0 Å². The minimum absolute atomic E-state index is 0. The van der Waals surface area contributed by atoms with Gasteiger partial charge in [0.1, 0.15) is 11.5 Å². The number of phenols is 2. The van der Waals surface area contributed by atoms with Crippen molar-refractivity contribution in [2.45, 2.75) is 0 Å². The molecule has 4 N–H and O–H groups in total. The normalized spacial score (nSPS) is 8.00. The molecule has 0 saturated carbocycles. The van der Waals surface area contributed by atoms with Crippen molar-refractivity contribution in [2.24, 2.45) is 0 Å². The molecule has 2 aromatic carbocycles. The van der Waals surface area contributed by atoms with Crippen molar-refractivity contribution in [1.29, 1.82) is 0 Å². The zero-order chi connectivity index (χ0) is 13.4. The monoisotopic (exact) mass is 317 g/mol. The van der Waals surface area contributed by atoms with Gasteiger partial charge in [0, 0.05) is 0 Å². The predicted molar refractivity (Wildman–Crippen MR) is 76.9 cm³/mol. The average molecular weight is 317 g/mol. The third-order valence-electron chi connectivity index (χ3n) is 2.15. The molecule has 5 nitrogen and oxygen atoms in total. The maximum atomic E-state index is 8.92. The van der Waals surface area contributed by atoms with Crippen LogP contribution in [0, 0.1) is 0 Å². The molecule has 1 radical (unpaired) electrons. The predicted octanol–water partition coefficient (Wildman–Crippen LogP) is 1.93. The second-order valence-electron chi connectivity index (χ2n) is 3.38. The molecule has 0 saturated heterocycles. The first-order chi connectivity index (χ1) is 8.69. The molecule has 0 bridgehead atoms. The van der Waals surface area contributed by atoms with Gasteiger partial charge in [-0.3, -0.25) is 0 Å². The summed E-state index contributed by atoms with van der Waals surface area (Å²) in [5, 5.41) is 34.7. The van der Waals surface area contributed by atoms with Crippen LogP contribution in [0.4, 0.5) is 0 Å². The van der Waals surface area contributed by atoms with Gasteiger partial charge in [-0.2, -0.15) is 12.4 Å². The summed E-state index contributed by atoms with van der Waals surface area (Å²) in [6.07, 6.45) is 1.74. The van der Waals surface area contributed by atoms with Gasteiger partial charge in [0.15, 0.2) is 0 Å². The largest absolute Gasteiger partial charge is 2.00 e. The van der Waals surface area contributed by atoms with Gasteiger partial charge in [0.2, 0.25) is 0 Å². The topological polar surface area (TPSA) is 117 Å². The Kier molecular flexibility index (Phi) is 10.8. The van der Waals surface area contributed by atoms with Crippen LogP contribution in [0.5, 0.6) is 11.5 Å². The van der Waals surface area contributed by atoms with Gasteiger partial charge in [0.05, 0.1) is 0 Å². The summed E-state index contributed by atoms with van der Waals surface area (Å²) < 4.78 is 0. The second-order valence-corrected chi connectivity index (χ2v) is 3.38. The smallest absolute Gasteiger partial charge is 0.810 e. The van der Waals surface area contributed by atoms with Crippen LogP contribution in [-0.2, 0) is 16.8 Å². The Hall–Kier alpha value is -2.15. The number of para-hydroxylation sites is 2. The van der Waals surface area contributed by atoms with Crippen molar-refractivity contribution in [3.05, 3.63) is 70.5 Å². The first-order valence-corrected chi connectivity index (χ1v) is 5.20. The molecule has 0 aliphatic rings. The molecule has 0 heterocycles. The summed E-state index contributed by atoms with van der Waals surface area (Å²) in [5.41, 5.74) is 0.884. The Morgan fingerprint density at radius 1 is 0.700 bits per heavy atom. The third-order valence-corrected chi connectivity index (χ3v) is 2.15. The number of aromatic hydroxyl groups is 2. The van der Waals surface area contributed by atoms with Gasteiger partial charge in [-0.1, -0.05) is 36.4 Å². The van der Waals surface area contributed by atoms with Crippen LogP contribution in [0.1, 0.15) is 11.1 Å². The SMILES string of the molecule is O.[Co+2].[N-]=Cc1ccccc1O.[N-]=Cc1ccccc1O. The minimum atomic E-state index is 0. The van der Waals surface area contributed by atoms with E-state index in [0.717, 1.165) is 12.4 Å². The Morgan fingerprint density at radius 2 is 1.00 bits per heavy atom. The summed E-state index contributed by atoms with van der Waals surface area (Å²) >= 11 is 0. The van der Waals surface area contributed by atoms with E-state index in [1.807, 2.05) is 0 Å². The number of hydrogen-bond acceptors (Lipinski definition) is 2. The molecule has 0 amide bonds. The number of phenolic OH excluding ortho intramolecular Hbond substituents is 2. The van der Waals surface area contributed by atoms with E-state index in [2.05, 4.69) is 0 Å². The van der Waals surface area contributed by atoms with Crippen molar-refractivity contribution in [3.63, 3.8) is 0 Å². The van der Waals surface area contributed by atoms with Crippen LogP contribution in [0.15, 0.2) is 48.5 Å². The Labute approximate surface area is 127 Å². The fourth-order valence-electron chi connectivity index (χ4n) is 1.19. The number of nitrogens with zero attached hydrogens (tertiary/aromatic N) is 2. The van der Waals surface area contributed by atoms with Gasteiger partial charge in [-0.25, -0.2) is 0 Å². The molecule has 20 heavy (non-hydrogen) atoms. The van der Waals surface area contributed by atoms with Crippen LogP contribution < -0.4 is 0 Å². The van der Waals surface area contributed by atoms with E-state index in [4.69, 9.17) is 21.0 Å². The molecule has 0 unspecified atom stereocenters. The Bertz CT molecular complexity index is 498. The van der Waals surface area contributed by atoms with E-state index in [1.165, 1.54) is 12.1 Å². The molecule has 2 rings (SSSR count). The molecular formula is C14H14CoN2O3. The fraction of sp³-hybridized carbons (Fsp3) is 0. The van der Waals surface area contributed by atoms with Crippen LogP contribution in [0.2, 0.25) is 0 Å². The Balaban J connectivity index is 0. The molecule has 0 aliphatic heterocycles. The van der Waals surface area contributed by atoms with Crippen LogP contribution in [-0.4, -0.2) is 28.1 Å². The maximum absolute atomic E-state index is 8.92. The van der Waals surface area contributed by atoms with E-state index in [-0.39, 0.29) is 33.8 Å². The van der Waals surface area contributed by atoms with Crippen molar-refractivity contribution in [3.8, 4) is 11.5 Å². The zero-order valence-electron chi connectivity index (χ0n) is 10.4. The number of hydrogen-bond donors (Lipinski definition) is 2. The van der Waals surface area contributed by atoms with Crippen molar-refractivity contribution >= 4 is 12.4 Å². The molecule has 0 aliphatic carbocycles. The molecule has 107 valence electrons. The Morgan fingerprint density at radius 3 is 1.20 bits per heavy atom. The first kappa shape index (κ1) is 20.2. The van der Waals surface area contributed by atoms with E-state index in [1.54, 1.807) is 36.4 Å². The van der Waals surface area contributed by atoms with Gasteiger partial charge < -0.3 is 26.5 Å². The molecular weight excluding hydrogens is 303 g/mol. The van der Waals surface area contributed by atoms with Crippen molar-refractivity contribution < 1.29 is 32.5 Å². The molecule has 2 aromatic rings. The van der Waals surface area contributed by atoms with Crippen molar-refractivity contribution in [2.75, 3.05) is 0 Å². The van der Waals surface area contributed by atoms with Crippen LogP contribution >= 0.6 is 0 Å². The quantitative estimate of drug-likeness (QED) is 0.823. The van der Waals surface area contributed by atoms with E-state index >= 15 is 0 Å². The van der Waals surface area contributed by atoms with E-state index in [9.17, 15) is 0 Å². The van der Waals surface area contributed by atoms with Gasteiger partial charge in [0.25, 0.3) is 0 Å². The average Bonchev–Trinajstić information content (AvgIpc) is 2.41. The first-order valence-electron chi connectivity index (χ1n) is 5.20. The molecule has 0 atom stereocenters. The standard InChI is InChI=1S/2C7H6NO.Co.H2O/c2*8-5-6-3-1-2-4-7(6)9;;/h2*1-5,9H;;1H2/q2*-1;+2;. The minimum Gasteiger partial charge on any atom is -0.810 e. The van der Waals surface area contributed by atoms with E-state index < -0.39 is 0 Å². The fourth-order valence-corrected chi connectivity index (χ4v) is 1.19.